The second-order valence-electron chi connectivity index (χ2n) is 3.85. The van der Waals surface area contributed by atoms with Crippen LogP contribution >= 0.6 is 11.6 Å². The largest absolute Gasteiger partial charge is 0.123 e. The lowest BCUT2D eigenvalue weighted by atomic mass is 9.79. The van der Waals surface area contributed by atoms with Gasteiger partial charge >= 0.3 is 0 Å². The van der Waals surface area contributed by atoms with Gasteiger partial charge in [0.2, 0.25) is 0 Å². The van der Waals surface area contributed by atoms with Gasteiger partial charge in [0.1, 0.15) is 0 Å². The molecule has 0 heterocycles. The molecular weight excluding hydrogens is 156 g/mol. The van der Waals surface area contributed by atoms with Gasteiger partial charge in [0, 0.05) is 5.38 Å². The Labute approximate surface area is 75.3 Å². The van der Waals surface area contributed by atoms with Gasteiger partial charge in [-0.05, 0) is 31.1 Å². The summed E-state index contributed by atoms with van der Waals surface area (Å²) in [5.74, 6) is 1.83. The Morgan fingerprint density at radius 3 is 1.82 bits per heavy atom. The summed E-state index contributed by atoms with van der Waals surface area (Å²) in [6.07, 6.45) is 6.58. The molecule has 0 nitrogen and oxygen atoms in total. The Morgan fingerprint density at radius 1 is 1.00 bits per heavy atom. The molecule has 2 atom stereocenters. The third-order valence-electron chi connectivity index (χ3n) is 3.00. The van der Waals surface area contributed by atoms with E-state index in [1.165, 1.54) is 32.1 Å². The molecule has 0 spiro atoms. The maximum absolute atomic E-state index is 6.16. The summed E-state index contributed by atoms with van der Waals surface area (Å²) in [4.78, 5) is 0. The lowest BCUT2D eigenvalue weighted by molar-refractivity contribution is 0.259. The predicted octanol–water partition coefficient (Wildman–Crippen LogP) is 3.83. The zero-order valence-electron chi connectivity index (χ0n) is 7.65. The van der Waals surface area contributed by atoms with Crippen molar-refractivity contribution in [2.45, 2.75) is 51.3 Å². The summed E-state index contributed by atoms with van der Waals surface area (Å²) < 4.78 is 0. The molecule has 1 saturated carbocycles. The second kappa shape index (κ2) is 4.35. The SMILES string of the molecule is CCC1CC(Cl)CC(CC)C1. The van der Waals surface area contributed by atoms with Gasteiger partial charge in [-0.2, -0.15) is 0 Å². The van der Waals surface area contributed by atoms with E-state index in [0.717, 1.165) is 11.8 Å². The molecule has 66 valence electrons. The fourth-order valence-corrected chi connectivity index (χ4v) is 2.65. The standard InChI is InChI=1S/C10H19Cl/c1-3-8-5-9(4-2)7-10(11)6-8/h8-10H,3-7H2,1-2H3. The third kappa shape index (κ3) is 2.66. The average molecular weight is 175 g/mol. The zero-order valence-corrected chi connectivity index (χ0v) is 8.40. The lowest BCUT2D eigenvalue weighted by Gasteiger charge is -2.30. The van der Waals surface area contributed by atoms with E-state index in [-0.39, 0.29) is 0 Å². The molecule has 11 heavy (non-hydrogen) atoms. The molecule has 1 fully saturated rings. The molecule has 2 unspecified atom stereocenters. The fraction of sp³-hybridized carbons (Fsp3) is 1.00. The molecule has 0 saturated heterocycles. The van der Waals surface area contributed by atoms with Crippen molar-refractivity contribution in [2.24, 2.45) is 11.8 Å². The topological polar surface area (TPSA) is 0 Å². The van der Waals surface area contributed by atoms with Gasteiger partial charge in [0.25, 0.3) is 0 Å². The number of hydrogen-bond donors (Lipinski definition) is 0. The molecule has 0 aromatic carbocycles. The van der Waals surface area contributed by atoms with Crippen molar-refractivity contribution < 1.29 is 0 Å². The van der Waals surface area contributed by atoms with Crippen LogP contribution in [-0.2, 0) is 0 Å². The van der Waals surface area contributed by atoms with E-state index in [4.69, 9.17) is 11.6 Å². The summed E-state index contributed by atoms with van der Waals surface area (Å²) in [5, 5.41) is 0.471. The summed E-state index contributed by atoms with van der Waals surface area (Å²) in [5.41, 5.74) is 0. The molecule has 1 aliphatic rings. The summed E-state index contributed by atoms with van der Waals surface area (Å²) in [6, 6.07) is 0. The van der Waals surface area contributed by atoms with Crippen LogP contribution in [0.1, 0.15) is 46.0 Å². The summed E-state index contributed by atoms with van der Waals surface area (Å²) >= 11 is 6.16. The highest BCUT2D eigenvalue weighted by molar-refractivity contribution is 6.20. The molecule has 0 radical (unpaired) electrons. The molecule has 0 aromatic heterocycles. The van der Waals surface area contributed by atoms with Crippen LogP contribution in [0.5, 0.6) is 0 Å². The fourth-order valence-electron chi connectivity index (χ4n) is 2.15. The first kappa shape index (κ1) is 9.38. The summed E-state index contributed by atoms with van der Waals surface area (Å²) in [6.45, 7) is 4.57. The molecule has 0 amide bonds. The van der Waals surface area contributed by atoms with Crippen LogP contribution in [0.3, 0.4) is 0 Å². The van der Waals surface area contributed by atoms with Crippen molar-refractivity contribution in [3.63, 3.8) is 0 Å². The number of alkyl halides is 1. The molecular formula is C10H19Cl. The van der Waals surface area contributed by atoms with Crippen molar-refractivity contribution in [3.8, 4) is 0 Å². The van der Waals surface area contributed by atoms with Crippen LogP contribution in [0.4, 0.5) is 0 Å². The molecule has 0 bridgehead atoms. The van der Waals surface area contributed by atoms with Crippen molar-refractivity contribution in [1.29, 1.82) is 0 Å². The van der Waals surface area contributed by atoms with E-state index < -0.39 is 0 Å². The van der Waals surface area contributed by atoms with E-state index in [1.54, 1.807) is 0 Å². The molecule has 0 N–H and O–H groups in total. The van der Waals surface area contributed by atoms with Crippen LogP contribution < -0.4 is 0 Å². The van der Waals surface area contributed by atoms with Crippen LogP contribution in [0.2, 0.25) is 0 Å². The van der Waals surface area contributed by atoms with E-state index in [0.29, 0.717) is 5.38 Å². The highest BCUT2D eigenvalue weighted by atomic mass is 35.5. The van der Waals surface area contributed by atoms with Crippen molar-refractivity contribution in [1.82, 2.24) is 0 Å². The van der Waals surface area contributed by atoms with E-state index in [2.05, 4.69) is 13.8 Å². The smallest absolute Gasteiger partial charge is 0.0341 e. The Bertz CT molecular complexity index is 99.4. The Hall–Kier alpha value is 0.290. The number of rotatable bonds is 2. The van der Waals surface area contributed by atoms with Crippen molar-refractivity contribution in [3.05, 3.63) is 0 Å². The van der Waals surface area contributed by atoms with Gasteiger partial charge in [0.05, 0.1) is 0 Å². The lowest BCUT2D eigenvalue weighted by Crippen LogP contribution is -2.22. The highest BCUT2D eigenvalue weighted by Gasteiger charge is 2.25. The molecule has 1 aliphatic carbocycles. The van der Waals surface area contributed by atoms with Gasteiger partial charge in [-0.15, -0.1) is 11.6 Å². The van der Waals surface area contributed by atoms with Crippen LogP contribution in [-0.4, -0.2) is 5.38 Å². The second-order valence-corrected chi connectivity index (χ2v) is 4.47. The van der Waals surface area contributed by atoms with Crippen molar-refractivity contribution in [2.75, 3.05) is 0 Å². The average Bonchev–Trinajstić information content (AvgIpc) is 2.03. The maximum Gasteiger partial charge on any atom is 0.0341 e. The van der Waals surface area contributed by atoms with E-state index >= 15 is 0 Å². The zero-order chi connectivity index (χ0) is 8.27. The highest BCUT2D eigenvalue weighted by Crippen LogP contribution is 2.35. The van der Waals surface area contributed by atoms with E-state index in [1.807, 2.05) is 0 Å². The predicted molar refractivity (Wildman–Crippen MR) is 51.1 cm³/mol. The Balaban J connectivity index is 2.37. The quantitative estimate of drug-likeness (QED) is 0.559. The molecule has 1 heteroatoms. The van der Waals surface area contributed by atoms with Gasteiger partial charge in [-0.3, -0.25) is 0 Å². The van der Waals surface area contributed by atoms with Gasteiger partial charge in [0.15, 0.2) is 0 Å². The van der Waals surface area contributed by atoms with E-state index in [9.17, 15) is 0 Å². The minimum Gasteiger partial charge on any atom is -0.123 e. The minimum absolute atomic E-state index is 0.471. The van der Waals surface area contributed by atoms with Gasteiger partial charge < -0.3 is 0 Å². The summed E-state index contributed by atoms with van der Waals surface area (Å²) in [7, 11) is 0. The number of halogens is 1. The Morgan fingerprint density at radius 2 is 1.45 bits per heavy atom. The molecule has 1 rings (SSSR count). The van der Waals surface area contributed by atoms with Crippen LogP contribution in [0.25, 0.3) is 0 Å². The first-order valence-electron chi connectivity index (χ1n) is 4.90. The maximum atomic E-state index is 6.16. The van der Waals surface area contributed by atoms with Crippen LogP contribution in [0.15, 0.2) is 0 Å². The Kier molecular flexibility index (Phi) is 3.71. The molecule has 0 aliphatic heterocycles. The monoisotopic (exact) mass is 174 g/mol. The minimum atomic E-state index is 0.471. The third-order valence-corrected chi connectivity index (χ3v) is 3.36. The normalized spacial score (nSPS) is 39.0. The first-order valence-corrected chi connectivity index (χ1v) is 5.33. The number of hydrogen-bond acceptors (Lipinski definition) is 0. The van der Waals surface area contributed by atoms with Gasteiger partial charge in [-0.25, -0.2) is 0 Å². The van der Waals surface area contributed by atoms with Crippen LogP contribution in [0, 0.1) is 11.8 Å². The first-order chi connectivity index (χ1) is 5.26. The van der Waals surface area contributed by atoms with Gasteiger partial charge in [-0.1, -0.05) is 26.7 Å². The van der Waals surface area contributed by atoms with Crippen molar-refractivity contribution >= 4 is 11.6 Å². The molecule has 0 aromatic rings.